The van der Waals surface area contributed by atoms with Gasteiger partial charge in [0, 0.05) is 0 Å². The molecule has 0 rings (SSSR count). The molecule has 0 atom stereocenters. The molecule has 0 aliphatic carbocycles. The van der Waals surface area contributed by atoms with Crippen LogP contribution in [-0.2, 0) is 45.5 Å². The van der Waals surface area contributed by atoms with Crippen LogP contribution in [0.4, 0.5) is 0 Å². The van der Waals surface area contributed by atoms with E-state index in [2.05, 4.69) is 8.65 Å². The molecule has 0 saturated heterocycles. The Morgan fingerprint density at radius 1 is 1.50 bits per heavy atom. The van der Waals surface area contributed by atoms with Crippen molar-refractivity contribution in [2.24, 2.45) is 0 Å². The van der Waals surface area contributed by atoms with Gasteiger partial charge in [0.25, 0.3) is 0 Å². The summed E-state index contributed by atoms with van der Waals surface area (Å²) in [4.78, 5) is 0. The van der Waals surface area contributed by atoms with Crippen LogP contribution in [0, 0.1) is 0 Å². The van der Waals surface area contributed by atoms with Crippen molar-refractivity contribution < 1.29 is 45.5 Å². The summed E-state index contributed by atoms with van der Waals surface area (Å²) in [6.45, 7) is 0. The Bertz CT molecular complexity index is 10.0. The fraction of sp³-hybridized carbons (Fsp3) is 0. The molecule has 0 aromatic carbocycles. The zero-order valence-electron chi connectivity index (χ0n) is 2.23. The molecule has 0 aromatic rings. The first-order chi connectivity index (χ1) is 2.00. The van der Waals surface area contributed by atoms with Gasteiger partial charge in [-0.1, -0.05) is 0 Å². The molecule has 0 unspecified atom stereocenters. The first kappa shape index (κ1) is 9.13. The van der Waals surface area contributed by atoms with Crippen LogP contribution in [0.25, 0.3) is 0 Å². The Hall–Kier alpha value is 1.57. The Balaban J connectivity index is 0. The van der Waals surface area contributed by atoms with E-state index in [0.29, 0.717) is 0 Å². The second-order valence-corrected chi connectivity index (χ2v) is 0. The van der Waals surface area contributed by atoms with Crippen molar-refractivity contribution in [3.63, 3.8) is 0 Å². The molecule has 16 valence electrons. The molecule has 1 nitrogen and oxygen atoms in total. The molecule has 0 radical (unpaired) electrons. The SMILES string of the molecule is [O]=[Zn].[S]=[Cd]. The van der Waals surface area contributed by atoms with E-state index in [0.717, 1.165) is 23.7 Å². The second kappa shape index (κ2) is 23.7. The van der Waals surface area contributed by atoms with E-state index in [9.17, 15) is 0 Å². The quantitative estimate of drug-likeness (QED) is 0.560. The first-order valence-electron chi connectivity index (χ1n) is 0.577. The van der Waals surface area contributed by atoms with Crippen LogP contribution in [0.3, 0.4) is 0 Å². The fourth-order valence-electron chi connectivity index (χ4n) is 0. The van der Waals surface area contributed by atoms with Crippen molar-refractivity contribution in [2.75, 3.05) is 0 Å². The minimum absolute atomic E-state index is 0.125. The molecule has 0 saturated carbocycles. The van der Waals surface area contributed by atoms with Crippen LogP contribution in [0.5, 0.6) is 0 Å². The standard InChI is InChI=1S/Cd.O.S.Zn. The molecule has 0 aliphatic heterocycles. The predicted molar refractivity (Wildman–Crippen MR) is 8.28 cm³/mol. The van der Waals surface area contributed by atoms with Crippen LogP contribution in [0.15, 0.2) is 0 Å². The van der Waals surface area contributed by atoms with Crippen LogP contribution < -0.4 is 0 Å². The monoisotopic (exact) mass is 226 g/mol. The van der Waals surface area contributed by atoms with Crippen LogP contribution in [-0.4, -0.2) is 0 Å². The van der Waals surface area contributed by atoms with Gasteiger partial charge in [-0.05, 0) is 0 Å². The second-order valence-electron chi connectivity index (χ2n) is 0. The van der Waals surface area contributed by atoms with Gasteiger partial charge in [0.1, 0.15) is 0 Å². The maximum absolute atomic E-state index is 8.38. The summed E-state index contributed by atoms with van der Waals surface area (Å²) in [5.41, 5.74) is 0. The maximum atomic E-state index is 8.38. The number of hydrogen-bond donors (Lipinski definition) is 0. The van der Waals surface area contributed by atoms with Crippen molar-refractivity contribution in [1.29, 1.82) is 0 Å². The third kappa shape index (κ3) is 9.58. The third-order valence-electron chi connectivity index (χ3n) is 0. The van der Waals surface area contributed by atoms with Gasteiger partial charge in [-0.2, -0.15) is 0 Å². The zero-order chi connectivity index (χ0) is 4.00. The summed E-state index contributed by atoms with van der Waals surface area (Å²) in [7, 11) is 4.25. The van der Waals surface area contributed by atoms with Gasteiger partial charge in [-0.3, -0.25) is 0 Å². The van der Waals surface area contributed by atoms with Crippen molar-refractivity contribution >= 4 is 8.65 Å². The molecule has 0 aliphatic rings. The normalized spacial score (nSPS) is 3.00. The average molecular weight is 226 g/mol. The summed E-state index contributed by atoms with van der Waals surface area (Å²) < 4.78 is 8.38. The zero-order valence-corrected chi connectivity index (χ0v) is 10.1. The van der Waals surface area contributed by atoms with Crippen LogP contribution in [0.2, 0.25) is 0 Å². The molecule has 0 fully saturated rings. The van der Waals surface area contributed by atoms with Gasteiger partial charge >= 0.3 is 54.2 Å². The number of rotatable bonds is 0. The summed E-state index contributed by atoms with van der Waals surface area (Å²) >= 11 is 0.858. The molecule has 4 heavy (non-hydrogen) atoms. The van der Waals surface area contributed by atoms with Crippen molar-refractivity contribution in [1.82, 2.24) is 0 Å². The van der Waals surface area contributed by atoms with Gasteiger partial charge in [0.15, 0.2) is 0 Å². The van der Waals surface area contributed by atoms with Crippen molar-refractivity contribution in [3.05, 3.63) is 0 Å². The van der Waals surface area contributed by atoms with E-state index < -0.39 is 0 Å². The Kier molecular flexibility index (Phi) is 54.0. The molecule has 0 spiro atoms. The molecule has 0 bridgehead atoms. The third-order valence-corrected chi connectivity index (χ3v) is 0. The summed E-state index contributed by atoms with van der Waals surface area (Å²) in [5.74, 6) is 0. The number of hydrogen-bond acceptors (Lipinski definition) is 2. The van der Waals surface area contributed by atoms with Crippen LogP contribution >= 0.6 is 8.65 Å². The molecule has 0 N–H and O–H groups in total. The molecule has 0 heterocycles. The molecule has 0 aromatic heterocycles. The van der Waals surface area contributed by atoms with Crippen molar-refractivity contribution in [2.45, 2.75) is 0 Å². The Labute approximate surface area is 53.6 Å². The Morgan fingerprint density at radius 2 is 1.50 bits per heavy atom. The predicted octanol–water partition coefficient (Wildman–Crippen LogP) is 0.524. The van der Waals surface area contributed by atoms with Crippen LogP contribution in [0.1, 0.15) is 0 Å². The van der Waals surface area contributed by atoms with Gasteiger partial charge in [-0.15, -0.1) is 0 Å². The van der Waals surface area contributed by atoms with Gasteiger partial charge < -0.3 is 0 Å². The molecule has 4 heteroatoms. The topological polar surface area (TPSA) is 17.1 Å². The van der Waals surface area contributed by atoms with E-state index in [4.69, 9.17) is 3.57 Å². The van der Waals surface area contributed by atoms with Gasteiger partial charge in [0.2, 0.25) is 0 Å². The fourth-order valence-corrected chi connectivity index (χ4v) is 0. The average Bonchev–Trinajstić information content (AvgIpc) is 1.50. The van der Waals surface area contributed by atoms with E-state index in [-0.39, 0.29) is 18.3 Å². The molecular weight excluding hydrogens is 226 g/mol. The summed E-state index contributed by atoms with van der Waals surface area (Å²) in [5, 5.41) is 0. The van der Waals surface area contributed by atoms with E-state index >= 15 is 0 Å². The Morgan fingerprint density at radius 3 is 1.50 bits per heavy atom. The first-order valence-corrected chi connectivity index (χ1v) is 7.31. The minimum atomic E-state index is 0.125. The summed E-state index contributed by atoms with van der Waals surface area (Å²) in [6.07, 6.45) is 0. The summed E-state index contributed by atoms with van der Waals surface area (Å²) in [6, 6.07) is 0. The van der Waals surface area contributed by atoms with Gasteiger partial charge in [-0.25, -0.2) is 0 Å². The van der Waals surface area contributed by atoms with Crippen molar-refractivity contribution in [3.8, 4) is 0 Å². The molecule has 0 amide bonds. The van der Waals surface area contributed by atoms with Gasteiger partial charge in [0.05, 0.1) is 0 Å². The molecular formula is CdOSZn. The van der Waals surface area contributed by atoms with E-state index in [1.54, 1.807) is 0 Å². The van der Waals surface area contributed by atoms with E-state index in [1.807, 2.05) is 0 Å². The van der Waals surface area contributed by atoms with E-state index in [1.165, 1.54) is 0 Å².